The first kappa shape index (κ1) is 21.2. The van der Waals surface area contributed by atoms with Crippen LogP contribution in [0.5, 0.6) is 5.75 Å². The monoisotopic (exact) mass is 459 g/mol. The average molecular weight is 459 g/mol. The summed E-state index contributed by atoms with van der Waals surface area (Å²) in [7, 11) is 3.44. The van der Waals surface area contributed by atoms with Crippen LogP contribution in [0.15, 0.2) is 48.0 Å². The number of halogens is 1. The second kappa shape index (κ2) is 12.5. The van der Waals surface area contributed by atoms with Crippen molar-refractivity contribution in [2.75, 3.05) is 39.2 Å². The smallest absolute Gasteiger partial charge is 0.195 e. The predicted octanol–water partition coefficient (Wildman–Crippen LogP) is 2.60. The highest BCUT2D eigenvalue weighted by Crippen LogP contribution is 2.17. The quantitative estimate of drug-likeness (QED) is 0.261. The van der Waals surface area contributed by atoms with E-state index in [0.29, 0.717) is 19.2 Å². The molecule has 0 aliphatic carbocycles. The molecule has 1 heterocycles. The highest BCUT2D eigenvalue weighted by Gasteiger charge is 2.01. The zero-order chi connectivity index (χ0) is 17.0. The van der Waals surface area contributed by atoms with E-state index in [2.05, 4.69) is 20.6 Å². The van der Waals surface area contributed by atoms with Crippen LogP contribution < -0.4 is 15.4 Å². The number of nitrogens with one attached hydrogen (secondary N) is 2. The number of methoxy groups -OCH3 is 1. The minimum absolute atomic E-state index is 0. The van der Waals surface area contributed by atoms with E-state index in [1.165, 1.54) is 0 Å². The van der Waals surface area contributed by atoms with Crippen molar-refractivity contribution >= 4 is 35.6 Å². The molecule has 0 saturated carbocycles. The third-order valence-corrected chi connectivity index (χ3v) is 3.30. The van der Waals surface area contributed by atoms with Crippen molar-refractivity contribution in [2.45, 2.75) is 13.0 Å². The molecule has 0 radical (unpaired) electrons. The Morgan fingerprint density at radius 3 is 2.92 bits per heavy atom. The van der Waals surface area contributed by atoms with E-state index < -0.39 is 0 Å². The van der Waals surface area contributed by atoms with E-state index in [1.807, 2.05) is 35.0 Å². The predicted molar refractivity (Wildman–Crippen MR) is 111 cm³/mol. The highest BCUT2D eigenvalue weighted by atomic mass is 127. The van der Waals surface area contributed by atoms with Gasteiger partial charge in [0, 0.05) is 64.4 Å². The second-order valence-electron chi connectivity index (χ2n) is 5.15. The van der Waals surface area contributed by atoms with Gasteiger partial charge in [0.05, 0.1) is 12.9 Å². The number of rotatable bonds is 9. The molecule has 0 spiro atoms. The lowest BCUT2D eigenvalue weighted by atomic mass is 10.3. The van der Waals surface area contributed by atoms with Gasteiger partial charge in [0.2, 0.25) is 0 Å². The number of nitrogens with zero attached hydrogens (tertiary/aromatic N) is 3. The van der Waals surface area contributed by atoms with Crippen molar-refractivity contribution < 1.29 is 9.47 Å². The number of benzene rings is 1. The third-order valence-electron chi connectivity index (χ3n) is 3.30. The van der Waals surface area contributed by atoms with Gasteiger partial charge in [0.1, 0.15) is 5.75 Å². The van der Waals surface area contributed by atoms with Gasteiger partial charge in [-0.1, -0.05) is 6.07 Å². The largest absolute Gasteiger partial charge is 0.493 e. The summed E-state index contributed by atoms with van der Waals surface area (Å²) in [5, 5.41) is 6.53. The molecule has 2 aromatic rings. The molecule has 0 aliphatic rings. The minimum atomic E-state index is 0. The Bertz CT molecular complexity index is 619. The van der Waals surface area contributed by atoms with Crippen molar-refractivity contribution in [3.63, 3.8) is 0 Å². The van der Waals surface area contributed by atoms with Gasteiger partial charge in [0.15, 0.2) is 5.96 Å². The summed E-state index contributed by atoms with van der Waals surface area (Å²) in [4.78, 5) is 8.25. The third kappa shape index (κ3) is 8.21. The summed E-state index contributed by atoms with van der Waals surface area (Å²) in [6, 6.07) is 7.82. The Hall–Kier alpha value is -1.81. The van der Waals surface area contributed by atoms with E-state index in [-0.39, 0.29) is 24.0 Å². The summed E-state index contributed by atoms with van der Waals surface area (Å²) in [6.45, 7) is 2.91. The number of ether oxygens (including phenoxy) is 2. The molecule has 138 valence electrons. The molecule has 2 rings (SSSR count). The van der Waals surface area contributed by atoms with Gasteiger partial charge < -0.3 is 24.7 Å². The lowest BCUT2D eigenvalue weighted by molar-refractivity contribution is 0.172. The molecular weight excluding hydrogens is 433 g/mol. The number of guanidine groups is 1. The van der Waals surface area contributed by atoms with E-state index >= 15 is 0 Å². The number of anilines is 1. The van der Waals surface area contributed by atoms with Crippen LogP contribution >= 0.6 is 24.0 Å². The van der Waals surface area contributed by atoms with Gasteiger partial charge in [-0.05, 0) is 12.1 Å². The number of aliphatic imine (C=N–C) groups is 1. The maximum absolute atomic E-state index is 5.70. The van der Waals surface area contributed by atoms with Crippen molar-refractivity contribution in [1.82, 2.24) is 14.9 Å². The molecule has 0 amide bonds. The summed E-state index contributed by atoms with van der Waals surface area (Å²) < 4.78 is 12.7. The molecule has 7 nitrogen and oxygen atoms in total. The summed E-state index contributed by atoms with van der Waals surface area (Å²) in [5.74, 6) is 1.54. The van der Waals surface area contributed by atoms with Crippen molar-refractivity contribution in [3.05, 3.63) is 43.0 Å². The lowest BCUT2D eigenvalue weighted by Crippen LogP contribution is -2.33. The highest BCUT2D eigenvalue weighted by molar-refractivity contribution is 14.0. The number of hydrogen-bond donors (Lipinski definition) is 2. The van der Waals surface area contributed by atoms with Crippen LogP contribution in [0.1, 0.15) is 6.42 Å². The SMILES string of the molecule is CN=C(NCCn1ccnc1)Nc1cccc(OCCCOC)c1.I. The Morgan fingerprint density at radius 2 is 2.20 bits per heavy atom. The van der Waals surface area contributed by atoms with Crippen molar-refractivity contribution in [1.29, 1.82) is 0 Å². The van der Waals surface area contributed by atoms with E-state index in [0.717, 1.165) is 30.9 Å². The molecule has 0 atom stereocenters. The molecular formula is C17H26IN5O2. The Labute approximate surface area is 165 Å². The molecule has 1 aromatic carbocycles. The Kier molecular flexibility index (Phi) is 10.6. The molecule has 1 aromatic heterocycles. The standard InChI is InChI=1S/C17H25N5O2.HI/c1-18-17(20-8-10-22-9-7-19-14-22)21-15-5-3-6-16(13-15)24-12-4-11-23-2;/h3,5-7,9,13-14H,4,8,10-12H2,1-2H3,(H2,18,20,21);1H. The molecule has 0 fully saturated rings. The van der Waals surface area contributed by atoms with Gasteiger partial charge >= 0.3 is 0 Å². The maximum Gasteiger partial charge on any atom is 0.195 e. The summed E-state index contributed by atoms with van der Waals surface area (Å²) in [6.07, 6.45) is 6.36. The second-order valence-corrected chi connectivity index (χ2v) is 5.15. The Morgan fingerprint density at radius 1 is 1.32 bits per heavy atom. The number of hydrogen-bond acceptors (Lipinski definition) is 4. The molecule has 0 bridgehead atoms. The zero-order valence-corrected chi connectivity index (χ0v) is 17.0. The van der Waals surface area contributed by atoms with Gasteiger partial charge in [-0.3, -0.25) is 4.99 Å². The van der Waals surface area contributed by atoms with Gasteiger partial charge in [-0.2, -0.15) is 0 Å². The maximum atomic E-state index is 5.70. The molecule has 8 heteroatoms. The average Bonchev–Trinajstić information content (AvgIpc) is 3.12. The van der Waals surface area contributed by atoms with E-state index in [4.69, 9.17) is 9.47 Å². The fraction of sp³-hybridized carbons (Fsp3) is 0.412. The molecule has 0 unspecified atom stereocenters. The van der Waals surface area contributed by atoms with E-state index in [1.54, 1.807) is 26.7 Å². The van der Waals surface area contributed by atoms with Gasteiger partial charge in [0.25, 0.3) is 0 Å². The Balaban J connectivity index is 0.00000312. The minimum Gasteiger partial charge on any atom is -0.493 e. The van der Waals surface area contributed by atoms with Crippen LogP contribution in [0.3, 0.4) is 0 Å². The first-order valence-corrected chi connectivity index (χ1v) is 7.97. The molecule has 2 N–H and O–H groups in total. The number of aromatic nitrogens is 2. The summed E-state index contributed by atoms with van der Waals surface area (Å²) in [5.41, 5.74) is 0.926. The van der Waals surface area contributed by atoms with Crippen LogP contribution in [0.2, 0.25) is 0 Å². The number of imidazole rings is 1. The summed E-state index contributed by atoms with van der Waals surface area (Å²) >= 11 is 0. The fourth-order valence-electron chi connectivity index (χ4n) is 2.10. The van der Waals surface area contributed by atoms with Crippen LogP contribution in [-0.4, -0.2) is 49.4 Å². The van der Waals surface area contributed by atoms with Crippen LogP contribution in [0.4, 0.5) is 5.69 Å². The first-order chi connectivity index (χ1) is 11.8. The van der Waals surface area contributed by atoms with Crippen LogP contribution in [0.25, 0.3) is 0 Å². The first-order valence-electron chi connectivity index (χ1n) is 7.97. The zero-order valence-electron chi connectivity index (χ0n) is 14.6. The normalized spacial score (nSPS) is 10.9. The molecule has 25 heavy (non-hydrogen) atoms. The van der Waals surface area contributed by atoms with Crippen LogP contribution in [0, 0.1) is 0 Å². The van der Waals surface area contributed by atoms with Crippen LogP contribution in [-0.2, 0) is 11.3 Å². The molecule has 0 aliphatic heterocycles. The van der Waals surface area contributed by atoms with Gasteiger partial charge in [-0.15, -0.1) is 24.0 Å². The topological polar surface area (TPSA) is 72.7 Å². The molecule has 0 saturated heterocycles. The van der Waals surface area contributed by atoms with Gasteiger partial charge in [-0.25, -0.2) is 4.98 Å². The fourth-order valence-corrected chi connectivity index (χ4v) is 2.10. The van der Waals surface area contributed by atoms with Crippen molar-refractivity contribution in [3.8, 4) is 5.75 Å². The van der Waals surface area contributed by atoms with E-state index in [9.17, 15) is 0 Å². The lowest BCUT2D eigenvalue weighted by Gasteiger charge is -2.13. The van der Waals surface area contributed by atoms with Crippen molar-refractivity contribution in [2.24, 2.45) is 4.99 Å².